The Morgan fingerprint density at radius 3 is 2.67 bits per heavy atom. The minimum absolute atomic E-state index is 0.124. The first-order chi connectivity index (χ1) is 8.34. The second-order valence-electron chi connectivity index (χ2n) is 3.77. The van der Waals surface area contributed by atoms with Crippen molar-refractivity contribution in [2.24, 2.45) is 0 Å². The summed E-state index contributed by atoms with van der Waals surface area (Å²) in [6, 6.07) is 1.03. The Balaban J connectivity index is 2.76. The fourth-order valence-electron chi connectivity index (χ4n) is 1.35. The van der Waals surface area contributed by atoms with Crippen LogP contribution in [-0.2, 0) is 6.18 Å². The number of nitrogens with zero attached hydrogens (tertiary/aromatic N) is 1. The lowest BCUT2D eigenvalue weighted by Gasteiger charge is -2.14. The second kappa shape index (κ2) is 6.75. The van der Waals surface area contributed by atoms with Crippen molar-refractivity contribution < 1.29 is 13.2 Å². The molecular weight excluding hydrogens is 377 g/mol. The van der Waals surface area contributed by atoms with E-state index in [2.05, 4.69) is 42.2 Å². The molecule has 0 aliphatic carbocycles. The number of rotatable bonds is 5. The van der Waals surface area contributed by atoms with Crippen LogP contribution in [0.3, 0.4) is 0 Å². The van der Waals surface area contributed by atoms with Gasteiger partial charge >= 0.3 is 6.18 Å². The molecule has 0 saturated carbocycles. The van der Waals surface area contributed by atoms with Gasteiger partial charge in [-0.15, -0.1) is 0 Å². The largest absolute Gasteiger partial charge is 0.419 e. The highest BCUT2D eigenvalue weighted by molar-refractivity contribution is 9.10. The van der Waals surface area contributed by atoms with E-state index in [1.807, 2.05) is 6.92 Å². The number of anilines is 1. The van der Waals surface area contributed by atoms with Crippen molar-refractivity contribution in [2.75, 3.05) is 11.9 Å². The van der Waals surface area contributed by atoms with Gasteiger partial charge in [-0.3, -0.25) is 0 Å². The first-order valence-electron chi connectivity index (χ1n) is 5.45. The molecule has 7 heteroatoms. The third-order valence-electron chi connectivity index (χ3n) is 2.35. The quantitative estimate of drug-likeness (QED) is 0.729. The summed E-state index contributed by atoms with van der Waals surface area (Å²) in [5.74, 6) is -0.124. The number of nitrogens with one attached hydrogen (secondary N) is 1. The Labute approximate surface area is 121 Å². The maximum absolute atomic E-state index is 12.8. The SMILES string of the molecule is CCC(Br)CCNc1ncc(Br)cc1C(F)(F)F. The summed E-state index contributed by atoms with van der Waals surface area (Å²) < 4.78 is 38.6. The van der Waals surface area contributed by atoms with Crippen molar-refractivity contribution >= 4 is 37.7 Å². The average Bonchev–Trinajstić information content (AvgIpc) is 2.29. The van der Waals surface area contributed by atoms with Crippen molar-refractivity contribution in [2.45, 2.75) is 30.8 Å². The van der Waals surface area contributed by atoms with Crippen LogP contribution in [0.5, 0.6) is 0 Å². The zero-order valence-electron chi connectivity index (χ0n) is 9.69. The van der Waals surface area contributed by atoms with Gasteiger partial charge in [-0.1, -0.05) is 22.9 Å². The Morgan fingerprint density at radius 2 is 2.11 bits per heavy atom. The third-order valence-corrected chi connectivity index (χ3v) is 3.89. The molecule has 0 amide bonds. The Hall–Kier alpha value is -0.300. The summed E-state index contributed by atoms with van der Waals surface area (Å²) in [5, 5.41) is 2.73. The molecule has 1 atom stereocenters. The summed E-state index contributed by atoms with van der Waals surface area (Å²) >= 11 is 6.42. The van der Waals surface area contributed by atoms with Gasteiger partial charge in [0.2, 0.25) is 0 Å². The van der Waals surface area contributed by atoms with Crippen LogP contribution in [-0.4, -0.2) is 16.4 Å². The number of hydrogen-bond donors (Lipinski definition) is 1. The molecule has 1 N–H and O–H groups in total. The van der Waals surface area contributed by atoms with Gasteiger partial charge < -0.3 is 5.32 Å². The molecular formula is C11H13Br2F3N2. The van der Waals surface area contributed by atoms with Crippen LogP contribution < -0.4 is 5.32 Å². The van der Waals surface area contributed by atoms with Gasteiger partial charge in [0, 0.05) is 22.0 Å². The Bertz CT molecular complexity index is 396. The monoisotopic (exact) mass is 388 g/mol. The number of halogens is 5. The maximum atomic E-state index is 12.8. The topological polar surface area (TPSA) is 24.9 Å². The molecule has 1 unspecified atom stereocenters. The first-order valence-corrected chi connectivity index (χ1v) is 7.16. The first kappa shape index (κ1) is 15.8. The molecule has 1 aromatic rings. The van der Waals surface area contributed by atoms with E-state index >= 15 is 0 Å². The maximum Gasteiger partial charge on any atom is 0.419 e. The number of pyridine rings is 1. The van der Waals surface area contributed by atoms with E-state index in [1.54, 1.807) is 0 Å². The van der Waals surface area contributed by atoms with Crippen molar-refractivity contribution in [1.82, 2.24) is 4.98 Å². The van der Waals surface area contributed by atoms with Crippen LogP contribution in [0.4, 0.5) is 19.0 Å². The van der Waals surface area contributed by atoms with E-state index in [0.29, 0.717) is 15.8 Å². The highest BCUT2D eigenvalue weighted by Gasteiger charge is 2.34. The van der Waals surface area contributed by atoms with Gasteiger partial charge in [0.15, 0.2) is 0 Å². The second-order valence-corrected chi connectivity index (χ2v) is 5.98. The van der Waals surface area contributed by atoms with Crippen molar-refractivity contribution in [3.8, 4) is 0 Å². The van der Waals surface area contributed by atoms with Crippen LogP contribution in [0.1, 0.15) is 25.3 Å². The summed E-state index contributed by atoms with van der Waals surface area (Å²) in [7, 11) is 0. The van der Waals surface area contributed by atoms with Gasteiger partial charge in [0.05, 0.1) is 5.56 Å². The van der Waals surface area contributed by atoms with E-state index in [9.17, 15) is 13.2 Å². The molecule has 0 aromatic carbocycles. The smallest absolute Gasteiger partial charge is 0.370 e. The molecule has 0 fully saturated rings. The molecule has 1 rings (SSSR count). The molecule has 102 valence electrons. The fourth-order valence-corrected chi connectivity index (χ4v) is 1.91. The van der Waals surface area contributed by atoms with Crippen molar-refractivity contribution in [3.05, 3.63) is 22.3 Å². The lowest BCUT2D eigenvalue weighted by atomic mass is 10.2. The number of alkyl halides is 4. The molecule has 0 aliphatic heterocycles. The lowest BCUT2D eigenvalue weighted by Crippen LogP contribution is -2.15. The highest BCUT2D eigenvalue weighted by Crippen LogP contribution is 2.35. The molecule has 0 radical (unpaired) electrons. The standard InChI is InChI=1S/C11H13Br2F3N2/c1-2-7(12)3-4-17-10-9(11(14,15)16)5-8(13)6-18-10/h5-7H,2-4H2,1H3,(H,17,18). The molecule has 0 spiro atoms. The van der Waals surface area contributed by atoms with Crippen molar-refractivity contribution in [1.29, 1.82) is 0 Å². The molecule has 0 saturated heterocycles. The van der Waals surface area contributed by atoms with E-state index in [0.717, 1.165) is 18.9 Å². The van der Waals surface area contributed by atoms with Gasteiger partial charge in [-0.25, -0.2) is 4.98 Å². The summed E-state index contributed by atoms with van der Waals surface area (Å²) in [5.41, 5.74) is -0.750. The Kier molecular flexibility index (Phi) is 5.91. The molecule has 1 heterocycles. The molecule has 2 nitrogen and oxygen atoms in total. The summed E-state index contributed by atoms with van der Waals surface area (Å²) in [6.45, 7) is 2.46. The number of aromatic nitrogens is 1. The average molecular weight is 390 g/mol. The van der Waals surface area contributed by atoms with Crippen LogP contribution in [0.15, 0.2) is 16.7 Å². The predicted molar refractivity (Wildman–Crippen MR) is 73.1 cm³/mol. The molecule has 0 aliphatic rings. The predicted octanol–water partition coefficient (Wildman–Crippen LogP) is 4.84. The van der Waals surface area contributed by atoms with E-state index in [1.165, 1.54) is 6.20 Å². The van der Waals surface area contributed by atoms with Crippen LogP contribution in [0.2, 0.25) is 0 Å². The molecule has 18 heavy (non-hydrogen) atoms. The van der Waals surface area contributed by atoms with Crippen LogP contribution >= 0.6 is 31.9 Å². The fraction of sp³-hybridized carbons (Fsp3) is 0.545. The van der Waals surface area contributed by atoms with Crippen LogP contribution in [0, 0.1) is 0 Å². The number of hydrogen-bond acceptors (Lipinski definition) is 2. The van der Waals surface area contributed by atoms with Gasteiger partial charge in [-0.2, -0.15) is 13.2 Å². The molecule has 1 aromatic heterocycles. The van der Waals surface area contributed by atoms with Crippen molar-refractivity contribution in [3.63, 3.8) is 0 Å². The zero-order chi connectivity index (χ0) is 13.8. The highest BCUT2D eigenvalue weighted by atomic mass is 79.9. The van der Waals surface area contributed by atoms with Gasteiger partial charge in [-0.05, 0) is 34.8 Å². The lowest BCUT2D eigenvalue weighted by molar-refractivity contribution is -0.137. The molecule has 0 bridgehead atoms. The van der Waals surface area contributed by atoms with E-state index < -0.39 is 11.7 Å². The van der Waals surface area contributed by atoms with Gasteiger partial charge in [0.1, 0.15) is 5.82 Å². The zero-order valence-corrected chi connectivity index (χ0v) is 12.9. The Morgan fingerprint density at radius 1 is 1.44 bits per heavy atom. The minimum atomic E-state index is -4.41. The normalized spacial score (nSPS) is 13.4. The van der Waals surface area contributed by atoms with E-state index in [-0.39, 0.29) is 5.82 Å². The van der Waals surface area contributed by atoms with E-state index in [4.69, 9.17) is 0 Å². The minimum Gasteiger partial charge on any atom is -0.370 e. The summed E-state index contributed by atoms with van der Waals surface area (Å²) in [4.78, 5) is 4.07. The summed E-state index contributed by atoms with van der Waals surface area (Å²) in [6.07, 6.45) is -1.38. The van der Waals surface area contributed by atoms with Gasteiger partial charge in [0.25, 0.3) is 0 Å². The van der Waals surface area contributed by atoms with Crippen LogP contribution in [0.25, 0.3) is 0 Å². The third kappa shape index (κ3) is 4.76.